The van der Waals surface area contributed by atoms with E-state index in [1.165, 1.54) is 26.6 Å². The van der Waals surface area contributed by atoms with Crippen LogP contribution < -0.4 is 5.32 Å². The fraction of sp³-hybridized carbons (Fsp3) is 0.800. The van der Waals surface area contributed by atoms with Crippen molar-refractivity contribution in [2.75, 3.05) is 20.2 Å². The summed E-state index contributed by atoms with van der Waals surface area (Å²) in [6.45, 7) is 2.88. The van der Waals surface area contributed by atoms with Gasteiger partial charge in [0.1, 0.15) is 0 Å². The molecule has 1 aliphatic heterocycles. The molecule has 0 spiro atoms. The number of hydrogen-bond acceptors (Lipinski definition) is 3. The van der Waals surface area contributed by atoms with Gasteiger partial charge in [-0.05, 0) is 19.5 Å². The molecule has 0 saturated carbocycles. The summed E-state index contributed by atoms with van der Waals surface area (Å²) >= 11 is 0. The summed E-state index contributed by atoms with van der Waals surface area (Å²) in [5.41, 5.74) is 0. The molecule has 0 aromatic rings. The molecule has 0 unspecified atom stereocenters. The predicted octanol–water partition coefficient (Wildman–Crippen LogP) is 0.191. The standard InChI is InChI=1S/C3H7N.C2H4O2.ClH/c1-2-4-3-1;1-4-2-3;/h4H,1-3H2;2H,1H3;1H. The second-order valence-electron chi connectivity index (χ2n) is 1.44. The molecular weight excluding hydrogens is 142 g/mol. The van der Waals surface area contributed by atoms with E-state index in [0.717, 1.165) is 0 Å². The molecule has 4 heteroatoms. The van der Waals surface area contributed by atoms with E-state index in [1.54, 1.807) is 0 Å². The van der Waals surface area contributed by atoms with Crippen molar-refractivity contribution in [1.82, 2.24) is 5.32 Å². The zero-order valence-electron chi connectivity index (χ0n) is 5.42. The Bertz CT molecular complexity index is 52.9. The first-order chi connectivity index (χ1) is 3.91. The molecule has 1 fully saturated rings. The largest absolute Gasteiger partial charge is 0.471 e. The fourth-order valence-electron chi connectivity index (χ4n) is 0.177. The molecule has 0 bridgehead atoms. The summed E-state index contributed by atoms with van der Waals surface area (Å²) in [6, 6.07) is 0. The summed E-state index contributed by atoms with van der Waals surface area (Å²) in [5.74, 6) is 0. The van der Waals surface area contributed by atoms with Crippen LogP contribution in [0.4, 0.5) is 0 Å². The summed E-state index contributed by atoms with van der Waals surface area (Å²) < 4.78 is 3.86. The first-order valence-electron chi connectivity index (χ1n) is 2.59. The van der Waals surface area contributed by atoms with Crippen LogP contribution >= 0.6 is 12.4 Å². The Hall–Kier alpha value is -0.280. The number of methoxy groups -OCH3 is 1. The monoisotopic (exact) mass is 153 g/mol. The highest BCUT2D eigenvalue weighted by Crippen LogP contribution is 1.80. The van der Waals surface area contributed by atoms with E-state index in [4.69, 9.17) is 4.79 Å². The van der Waals surface area contributed by atoms with Gasteiger partial charge < -0.3 is 10.1 Å². The van der Waals surface area contributed by atoms with Gasteiger partial charge >= 0.3 is 0 Å². The van der Waals surface area contributed by atoms with Crippen molar-refractivity contribution in [2.45, 2.75) is 6.42 Å². The van der Waals surface area contributed by atoms with Gasteiger partial charge in [-0.15, -0.1) is 12.4 Å². The quantitative estimate of drug-likeness (QED) is 0.547. The fourth-order valence-corrected chi connectivity index (χ4v) is 0.177. The molecule has 0 amide bonds. The summed E-state index contributed by atoms with van der Waals surface area (Å²) in [6.07, 6.45) is 1.39. The van der Waals surface area contributed by atoms with E-state index >= 15 is 0 Å². The van der Waals surface area contributed by atoms with Gasteiger partial charge in [0, 0.05) is 0 Å². The van der Waals surface area contributed by atoms with Crippen LogP contribution in [0, 0.1) is 0 Å². The molecule has 9 heavy (non-hydrogen) atoms. The maximum Gasteiger partial charge on any atom is 0.292 e. The Morgan fingerprint density at radius 2 is 1.78 bits per heavy atom. The van der Waals surface area contributed by atoms with Crippen molar-refractivity contribution >= 4 is 18.9 Å². The lowest BCUT2D eigenvalue weighted by atomic mass is 10.3. The van der Waals surface area contributed by atoms with Crippen LogP contribution in [-0.2, 0) is 9.53 Å². The van der Waals surface area contributed by atoms with Crippen molar-refractivity contribution in [2.24, 2.45) is 0 Å². The van der Waals surface area contributed by atoms with Crippen molar-refractivity contribution in [3.05, 3.63) is 0 Å². The normalized spacial score (nSPS) is 13.0. The third-order valence-electron chi connectivity index (χ3n) is 0.803. The van der Waals surface area contributed by atoms with E-state index in [2.05, 4.69) is 10.1 Å². The topological polar surface area (TPSA) is 38.3 Å². The molecule has 56 valence electrons. The Labute approximate surface area is 61.2 Å². The highest BCUT2D eigenvalue weighted by atomic mass is 35.5. The lowest BCUT2D eigenvalue weighted by molar-refractivity contribution is -0.126. The molecule has 1 aliphatic rings. The Kier molecular flexibility index (Phi) is 13.6. The van der Waals surface area contributed by atoms with E-state index in [-0.39, 0.29) is 12.4 Å². The number of halogens is 1. The van der Waals surface area contributed by atoms with Gasteiger partial charge in [-0.2, -0.15) is 0 Å². The highest BCUT2D eigenvalue weighted by molar-refractivity contribution is 5.85. The highest BCUT2D eigenvalue weighted by Gasteiger charge is 1.92. The minimum atomic E-state index is 0. The average Bonchev–Trinajstić information content (AvgIpc) is 1.61. The van der Waals surface area contributed by atoms with Gasteiger partial charge in [-0.25, -0.2) is 0 Å². The first kappa shape index (κ1) is 11.5. The second-order valence-corrected chi connectivity index (χ2v) is 1.44. The molecule has 3 nitrogen and oxygen atoms in total. The lowest BCUT2D eigenvalue weighted by Crippen LogP contribution is -2.29. The Balaban J connectivity index is 0. The van der Waals surface area contributed by atoms with Crippen molar-refractivity contribution in [3.8, 4) is 0 Å². The van der Waals surface area contributed by atoms with Crippen molar-refractivity contribution < 1.29 is 9.53 Å². The molecule has 1 saturated heterocycles. The summed E-state index contributed by atoms with van der Waals surface area (Å²) in [7, 11) is 1.31. The molecule has 0 aromatic heterocycles. The van der Waals surface area contributed by atoms with E-state index in [9.17, 15) is 0 Å². The number of carbonyl (C=O) groups is 1. The molecule has 0 radical (unpaired) electrons. The molecule has 0 aliphatic carbocycles. The van der Waals surface area contributed by atoms with Gasteiger partial charge in [0.2, 0.25) is 0 Å². The van der Waals surface area contributed by atoms with Gasteiger partial charge in [0.05, 0.1) is 7.11 Å². The zero-order valence-corrected chi connectivity index (χ0v) is 6.24. The van der Waals surface area contributed by atoms with Gasteiger partial charge in [-0.3, -0.25) is 4.79 Å². The van der Waals surface area contributed by atoms with E-state index < -0.39 is 0 Å². The molecule has 0 atom stereocenters. The first-order valence-corrected chi connectivity index (χ1v) is 2.59. The predicted molar refractivity (Wildman–Crippen MR) is 37.8 cm³/mol. The SMILES string of the molecule is C1CNC1.COC=O.Cl. The van der Waals surface area contributed by atoms with E-state index in [0.29, 0.717) is 6.47 Å². The van der Waals surface area contributed by atoms with Crippen LogP contribution in [0.2, 0.25) is 0 Å². The second kappa shape index (κ2) is 10.7. The average molecular weight is 154 g/mol. The molecular formula is C5H12ClNO2. The third kappa shape index (κ3) is 11.3. The smallest absolute Gasteiger partial charge is 0.292 e. The molecule has 0 aromatic carbocycles. The lowest BCUT2D eigenvalue weighted by Gasteiger charge is -2.09. The third-order valence-corrected chi connectivity index (χ3v) is 0.803. The van der Waals surface area contributed by atoms with Gasteiger partial charge in [0.25, 0.3) is 6.47 Å². The van der Waals surface area contributed by atoms with Crippen LogP contribution in [0.15, 0.2) is 0 Å². The Morgan fingerprint density at radius 1 is 1.56 bits per heavy atom. The number of ether oxygens (including phenoxy) is 1. The van der Waals surface area contributed by atoms with Crippen LogP contribution in [0.5, 0.6) is 0 Å². The summed E-state index contributed by atoms with van der Waals surface area (Å²) in [4.78, 5) is 8.95. The minimum absolute atomic E-state index is 0. The maximum atomic E-state index is 8.95. The molecule has 1 rings (SSSR count). The molecule has 1 heterocycles. The molecule has 1 N–H and O–H groups in total. The van der Waals surface area contributed by atoms with Crippen molar-refractivity contribution in [1.29, 1.82) is 0 Å². The van der Waals surface area contributed by atoms with Crippen LogP contribution in [0.25, 0.3) is 0 Å². The summed E-state index contributed by atoms with van der Waals surface area (Å²) in [5, 5.41) is 3.11. The number of hydrogen-bond donors (Lipinski definition) is 1. The zero-order chi connectivity index (χ0) is 6.24. The van der Waals surface area contributed by atoms with E-state index in [1.807, 2.05) is 0 Å². The van der Waals surface area contributed by atoms with Crippen LogP contribution in [0.1, 0.15) is 6.42 Å². The number of rotatable bonds is 1. The minimum Gasteiger partial charge on any atom is -0.471 e. The number of nitrogens with one attached hydrogen (secondary N) is 1. The van der Waals surface area contributed by atoms with Crippen LogP contribution in [-0.4, -0.2) is 26.7 Å². The van der Waals surface area contributed by atoms with Gasteiger partial charge in [-0.1, -0.05) is 0 Å². The maximum absolute atomic E-state index is 8.95. The number of carbonyl (C=O) groups excluding carboxylic acids is 1. The Morgan fingerprint density at radius 3 is 1.78 bits per heavy atom. The van der Waals surface area contributed by atoms with Crippen LogP contribution in [0.3, 0.4) is 0 Å². The van der Waals surface area contributed by atoms with Crippen molar-refractivity contribution in [3.63, 3.8) is 0 Å². The van der Waals surface area contributed by atoms with Gasteiger partial charge in [0.15, 0.2) is 0 Å².